The number of fused-ring (bicyclic) bond motifs is 1. The van der Waals surface area contributed by atoms with Crippen molar-refractivity contribution in [2.24, 2.45) is 0 Å². The zero-order valence-electron chi connectivity index (χ0n) is 20.2. The second-order valence-corrected chi connectivity index (χ2v) is 9.62. The predicted molar refractivity (Wildman–Crippen MR) is 140 cm³/mol. The number of hydrogen-bond donors (Lipinski definition) is 1. The van der Waals surface area contributed by atoms with Crippen molar-refractivity contribution in [2.45, 2.75) is 40.2 Å². The van der Waals surface area contributed by atoms with Crippen molar-refractivity contribution in [1.82, 2.24) is 14.8 Å². The number of aryl methyl sites for hydroxylation is 2. The lowest BCUT2D eigenvalue weighted by Crippen LogP contribution is -2.13. The van der Waals surface area contributed by atoms with Crippen LogP contribution in [-0.4, -0.2) is 27.3 Å². The van der Waals surface area contributed by atoms with Gasteiger partial charge in [-0.15, -0.1) is 10.2 Å². The van der Waals surface area contributed by atoms with Gasteiger partial charge in [-0.25, -0.2) is 0 Å². The topological polar surface area (TPSA) is 92.8 Å². The minimum absolute atomic E-state index is 0.000538. The maximum Gasteiger partial charge on any atom is 0.268 e. The van der Waals surface area contributed by atoms with Crippen molar-refractivity contribution in [3.63, 3.8) is 0 Å². The van der Waals surface area contributed by atoms with Gasteiger partial charge in [0.2, 0.25) is 5.13 Å². The van der Waals surface area contributed by atoms with Crippen molar-refractivity contribution in [1.29, 1.82) is 5.26 Å². The van der Waals surface area contributed by atoms with E-state index in [1.54, 1.807) is 6.08 Å². The molecule has 0 radical (unpaired) electrons. The van der Waals surface area contributed by atoms with Gasteiger partial charge in [-0.2, -0.15) is 5.26 Å². The quantitative estimate of drug-likeness (QED) is 0.249. The summed E-state index contributed by atoms with van der Waals surface area (Å²) in [6.07, 6.45) is 3.56. The summed E-state index contributed by atoms with van der Waals surface area (Å²) < 4.78 is 8.04. The number of anilines is 1. The van der Waals surface area contributed by atoms with Gasteiger partial charge in [0.25, 0.3) is 5.91 Å². The molecule has 178 valence electrons. The number of nitrogens with zero attached hydrogens (tertiary/aromatic N) is 4. The van der Waals surface area contributed by atoms with E-state index in [1.165, 1.54) is 22.5 Å². The van der Waals surface area contributed by atoms with Gasteiger partial charge in [-0.1, -0.05) is 49.4 Å². The lowest BCUT2D eigenvalue weighted by molar-refractivity contribution is -0.112. The molecule has 2 heterocycles. The average Bonchev–Trinajstić information content (AvgIpc) is 3.45. The highest BCUT2D eigenvalue weighted by molar-refractivity contribution is 7.15. The lowest BCUT2D eigenvalue weighted by Gasteiger charge is -2.10. The summed E-state index contributed by atoms with van der Waals surface area (Å²) >= 11 is 1.31. The molecule has 4 rings (SSSR count). The van der Waals surface area contributed by atoms with Crippen LogP contribution < -0.4 is 10.1 Å². The number of amides is 1. The van der Waals surface area contributed by atoms with E-state index in [4.69, 9.17) is 4.74 Å². The van der Waals surface area contributed by atoms with Gasteiger partial charge in [-0.05, 0) is 49.2 Å². The summed E-state index contributed by atoms with van der Waals surface area (Å²) in [5.74, 6) is 0.550. The van der Waals surface area contributed by atoms with Crippen LogP contribution in [0.15, 0.2) is 54.2 Å². The molecule has 0 saturated heterocycles. The van der Waals surface area contributed by atoms with Crippen LogP contribution in [0.1, 0.15) is 41.5 Å². The molecular formula is C27H27N5O2S. The first-order chi connectivity index (χ1) is 16.9. The van der Waals surface area contributed by atoms with E-state index in [2.05, 4.69) is 40.0 Å². The Bertz CT molecular complexity index is 1440. The summed E-state index contributed by atoms with van der Waals surface area (Å²) in [4.78, 5) is 12.8. The van der Waals surface area contributed by atoms with E-state index in [0.717, 1.165) is 27.2 Å². The van der Waals surface area contributed by atoms with Gasteiger partial charge in [-0.3, -0.25) is 10.1 Å². The SMILES string of the molecule is Cc1ccc(OCCn2cc(/C=C(/C#N)C(=O)Nc3nnc(C(C)C)s3)c3ccccc32)cc1C. The molecule has 0 atom stereocenters. The van der Waals surface area contributed by atoms with E-state index in [-0.39, 0.29) is 11.5 Å². The molecule has 0 fully saturated rings. The normalized spacial score (nSPS) is 11.6. The molecule has 0 saturated carbocycles. The van der Waals surface area contributed by atoms with Crippen LogP contribution in [0.3, 0.4) is 0 Å². The Morgan fingerprint density at radius 3 is 2.71 bits per heavy atom. The van der Waals surface area contributed by atoms with Gasteiger partial charge in [0.1, 0.15) is 29.0 Å². The fourth-order valence-corrected chi connectivity index (χ4v) is 4.37. The van der Waals surface area contributed by atoms with Gasteiger partial charge < -0.3 is 9.30 Å². The lowest BCUT2D eigenvalue weighted by atomic mass is 10.1. The Balaban J connectivity index is 1.53. The molecular weight excluding hydrogens is 458 g/mol. The number of para-hydroxylation sites is 1. The van der Waals surface area contributed by atoms with E-state index in [0.29, 0.717) is 18.3 Å². The van der Waals surface area contributed by atoms with Gasteiger partial charge in [0, 0.05) is 28.6 Å². The Kier molecular flexibility index (Phi) is 7.28. The molecule has 8 heteroatoms. The predicted octanol–water partition coefficient (Wildman–Crippen LogP) is 5.86. The molecule has 35 heavy (non-hydrogen) atoms. The molecule has 4 aromatic rings. The highest BCUT2D eigenvalue weighted by Gasteiger charge is 2.16. The molecule has 0 aliphatic carbocycles. The van der Waals surface area contributed by atoms with Crippen LogP contribution in [0.2, 0.25) is 0 Å². The fourth-order valence-electron chi connectivity index (χ4n) is 3.63. The van der Waals surface area contributed by atoms with Crippen LogP contribution in [-0.2, 0) is 11.3 Å². The summed E-state index contributed by atoms with van der Waals surface area (Å²) in [6.45, 7) is 9.28. The number of ether oxygens (including phenoxy) is 1. The maximum absolute atomic E-state index is 12.8. The molecule has 0 unspecified atom stereocenters. The molecule has 1 amide bonds. The summed E-state index contributed by atoms with van der Waals surface area (Å²) in [5.41, 5.74) is 4.22. The molecule has 0 spiro atoms. The Morgan fingerprint density at radius 1 is 1.20 bits per heavy atom. The zero-order chi connectivity index (χ0) is 24.9. The molecule has 1 N–H and O–H groups in total. The number of nitriles is 1. The van der Waals surface area contributed by atoms with E-state index >= 15 is 0 Å². The van der Waals surface area contributed by atoms with Crippen molar-refractivity contribution < 1.29 is 9.53 Å². The monoisotopic (exact) mass is 485 g/mol. The van der Waals surface area contributed by atoms with Crippen LogP contribution in [0.5, 0.6) is 5.75 Å². The number of nitrogens with one attached hydrogen (secondary N) is 1. The number of carbonyl (C=O) groups excluding carboxylic acids is 1. The van der Waals surface area contributed by atoms with Gasteiger partial charge in [0.05, 0.1) is 6.54 Å². The number of carbonyl (C=O) groups is 1. The smallest absolute Gasteiger partial charge is 0.268 e. The first kappa shape index (κ1) is 24.2. The third kappa shape index (κ3) is 5.58. The minimum Gasteiger partial charge on any atom is -0.492 e. The Morgan fingerprint density at radius 2 is 2.00 bits per heavy atom. The van der Waals surface area contributed by atoms with Crippen LogP contribution in [0.4, 0.5) is 5.13 Å². The average molecular weight is 486 g/mol. The highest BCUT2D eigenvalue weighted by atomic mass is 32.1. The third-order valence-corrected chi connectivity index (χ3v) is 6.86. The number of rotatable bonds is 8. The van der Waals surface area contributed by atoms with Crippen molar-refractivity contribution >= 4 is 39.4 Å². The van der Waals surface area contributed by atoms with Crippen LogP contribution in [0.25, 0.3) is 17.0 Å². The molecule has 7 nitrogen and oxygen atoms in total. The Labute approximate surface area is 208 Å². The first-order valence-corrected chi connectivity index (χ1v) is 12.2. The molecule has 2 aromatic heterocycles. The standard InChI is InChI=1S/C27H27N5O2S/c1-17(2)26-30-31-27(35-26)29-25(33)20(15-28)14-21-16-32(24-8-6-5-7-23(21)24)11-12-34-22-10-9-18(3)19(4)13-22/h5-10,13-14,16-17H,11-12H2,1-4H3,(H,29,31,33)/b20-14-. The number of benzene rings is 2. The number of aromatic nitrogens is 3. The third-order valence-electron chi connectivity index (χ3n) is 5.72. The molecule has 0 aliphatic heterocycles. The Hall–Kier alpha value is -3.96. The first-order valence-electron chi connectivity index (χ1n) is 11.4. The van der Waals surface area contributed by atoms with Crippen LogP contribution >= 0.6 is 11.3 Å². The molecule has 0 aliphatic rings. The molecule has 2 aromatic carbocycles. The zero-order valence-corrected chi connectivity index (χ0v) is 21.0. The summed E-state index contributed by atoms with van der Waals surface area (Å²) in [5, 5.41) is 22.6. The van der Waals surface area contributed by atoms with Crippen molar-refractivity contribution in [3.05, 3.63) is 75.9 Å². The summed E-state index contributed by atoms with van der Waals surface area (Å²) in [6, 6.07) is 16.0. The second-order valence-electron chi connectivity index (χ2n) is 8.61. The number of hydrogen-bond acceptors (Lipinski definition) is 6. The van der Waals surface area contributed by atoms with E-state index in [9.17, 15) is 10.1 Å². The van der Waals surface area contributed by atoms with E-state index in [1.807, 2.05) is 62.5 Å². The van der Waals surface area contributed by atoms with Gasteiger partial charge >= 0.3 is 0 Å². The van der Waals surface area contributed by atoms with Crippen LogP contribution in [0, 0.1) is 25.2 Å². The van der Waals surface area contributed by atoms with Crippen molar-refractivity contribution in [3.8, 4) is 11.8 Å². The molecule has 0 bridgehead atoms. The van der Waals surface area contributed by atoms with Crippen molar-refractivity contribution in [2.75, 3.05) is 11.9 Å². The van der Waals surface area contributed by atoms with E-state index < -0.39 is 5.91 Å². The fraction of sp³-hybridized carbons (Fsp3) is 0.259. The maximum atomic E-state index is 12.8. The summed E-state index contributed by atoms with van der Waals surface area (Å²) in [7, 11) is 0. The largest absolute Gasteiger partial charge is 0.492 e. The minimum atomic E-state index is -0.506. The highest BCUT2D eigenvalue weighted by Crippen LogP contribution is 2.26. The van der Waals surface area contributed by atoms with Gasteiger partial charge in [0.15, 0.2) is 0 Å². The second kappa shape index (κ2) is 10.5.